The average Bonchev–Trinajstić information content (AvgIpc) is 2.72. The number of carbonyl (C=O) groups is 1. The number of aromatic amines is 1. The molecule has 0 fully saturated rings. The monoisotopic (exact) mass is 357 g/mol. The minimum absolute atomic E-state index is 0.233. The molecule has 5 nitrogen and oxygen atoms in total. The maximum atomic E-state index is 12.4. The quantitative estimate of drug-likeness (QED) is 0.757. The van der Waals surface area contributed by atoms with Gasteiger partial charge in [0.05, 0.1) is 0 Å². The van der Waals surface area contributed by atoms with Crippen LogP contribution in [0.3, 0.4) is 0 Å². The molecule has 3 aliphatic rings. The molecule has 2 bridgehead atoms. The van der Waals surface area contributed by atoms with Crippen molar-refractivity contribution in [3.8, 4) is 0 Å². The van der Waals surface area contributed by atoms with E-state index in [1.807, 2.05) is 0 Å². The molecule has 2 aromatic carbocycles. The summed E-state index contributed by atoms with van der Waals surface area (Å²) in [5.74, 6) is 0.766. The lowest BCUT2D eigenvalue weighted by Gasteiger charge is -2.45. The molecular weight excluding hydrogens is 338 g/mol. The zero-order chi connectivity index (χ0) is 18.4. The van der Waals surface area contributed by atoms with E-state index in [-0.39, 0.29) is 17.2 Å². The standard InChI is InChI=1S/C22H19N3O2/c26-20-10-9-19(24-25-20)22(27)23-12-13-11-18-14-5-1-3-7-16(14)21(13)17-8-4-2-6-15(17)18/h1-10,13,18,21H,11-12H2,(H,23,27)(H,25,26). The Balaban J connectivity index is 1.43. The molecule has 0 radical (unpaired) electrons. The van der Waals surface area contributed by atoms with Crippen molar-refractivity contribution in [1.82, 2.24) is 15.5 Å². The van der Waals surface area contributed by atoms with Gasteiger partial charge in [-0.3, -0.25) is 9.59 Å². The number of aromatic nitrogens is 2. The predicted octanol–water partition coefficient (Wildman–Crippen LogP) is 2.80. The van der Waals surface area contributed by atoms with Gasteiger partial charge in [0.1, 0.15) is 5.69 Å². The van der Waals surface area contributed by atoms with Gasteiger partial charge in [0.25, 0.3) is 11.5 Å². The Hall–Kier alpha value is -3.21. The van der Waals surface area contributed by atoms with Gasteiger partial charge in [-0.25, -0.2) is 5.10 Å². The summed E-state index contributed by atoms with van der Waals surface area (Å²) in [6, 6.07) is 20.1. The molecule has 2 N–H and O–H groups in total. The first-order valence-corrected chi connectivity index (χ1v) is 9.24. The van der Waals surface area contributed by atoms with E-state index in [0.717, 1.165) is 6.42 Å². The molecular formula is C22H19N3O2. The summed E-state index contributed by atoms with van der Waals surface area (Å²) in [6.45, 7) is 0.587. The third-order valence-electron chi connectivity index (χ3n) is 5.86. The first kappa shape index (κ1) is 16.0. The molecule has 1 unspecified atom stereocenters. The molecule has 134 valence electrons. The molecule has 3 aliphatic carbocycles. The molecule has 27 heavy (non-hydrogen) atoms. The molecule has 1 atom stereocenters. The van der Waals surface area contributed by atoms with E-state index in [0.29, 0.717) is 24.3 Å². The summed E-state index contributed by atoms with van der Waals surface area (Å²) in [6.07, 6.45) is 1.03. The van der Waals surface area contributed by atoms with Crippen LogP contribution < -0.4 is 10.9 Å². The van der Waals surface area contributed by atoms with E-state index < -0.39 is 0 Å². The van der Waals surface area contributed by atoms with Crippen molar-refractivity contribution >= 4 is 5.91 Å². The summed E-state index contributed by atoms with van der Waals surface area (Å²) in [7, 11) is 0. The van der Waals surface area contributed by atoms with E-state index in [1.165, 1.54) is 34.4 Å². The Morgan fingerprint density at radius 1 is 0.963 bits per heavy atom. The van der Waals surface area contributed by atoms with Crippen molar-refractivity contribution in [2.24, 2.45) is 5.92 Å². The molecule has 5 heteroatoms. The highest BCUT2D eigenvalue weighted by molar-refractivity contribution is 5.92. The number of nitrogens with one attached hydrogen (secondary N) is 2. The van der Waals surface area contributed by atoms with Crippen LogP contribution in [-0.2, 0) is 0 Å². The number of H-pyrrole nitrogens is 1. The van der Waals surface area contributed by atoms with Crippen LogP contribution in [0.5, 0.6) is 0 Å². The van der Waals surface area contributed by atoms with Crippen LogP contribution in [0, 0.1) is 5.92 Å². The predicted molar refractivity (Wildman–Crippen MR) is 102 cm³/mol. The van der Waals surface area contributed by atoms with Crippen LogP contribution in [0.1, 0.15) is 51.0 Å². The summed E-state index contributed by atoms with van der Waals surface area (Å²) in [5.41, 5.74) is 5.53. The summed E-state index contributed by atoms with van der Waals surface area (Å²) < 4.78 is 0. The topological polar surface area (TPSA) is 74.8 Å². The number of hydrogen-bond donors (Lipinski definition) is 2. The summed E-state index contributed by atoms with van der Waals surface area (Å²) >= 11 is 0. The fraction of sp³-hybridized carbons (Fsp3) is 0.227. The van der Waals surface area contributed by atoms with Gasteiger partial charge >= 0.3 is 0 Å². The highest BCUT2D eigenvalue weighted by Gasteiger charge is 2.42. The second-order valence-electron chi connectivity index (χ2n) is 7.30. The van der Waals surface area contributed by atoms with Crippen molar-refractivity contribution in [1.29, 1.82) is 0 Å². The van der Waals surface area contributed by atoms with Gasteiger partial charge in [0, 0.05) is 24.4 Å². The minimum Gasteiger partial charge on any atom is -0.350 e. The Morgan fingerprint density at radius 2 is 1.59 bits per heavy atom. The molecule has 6 rings (SSSR count). The van der Waals surface area contributed by atoms with E-state index in [2.05, 4.69) is 64.0 Å². The van der Waals surface area contributed by atoms with E-state index in [9.17, 15) is 9.59 Å². The molecule has 0 aliphatic heterocycles. The van der Waals surface area contributed by atoms with Crippen molar-refractivity contribution < 1.29 is 4.79 Å². The van der Waals surface area contributed by atoms with Crippen molar-refractivity contribution in [2.45, 2.75) is 18.3 Å². The Bertz CT molecular complexity index is 1020. The van der Waals surface area contributed by atoms with Gasteiger partial charge in [-0.2, -0.15) is 5.10 Å². The molecule has 0 spiro atoms. The van der Waals surface area contributed by atoms with Crippen molar-refractivity contribution in [3.63, 3.8) is 0 Å². The van der Waals surface area contributed by atoms with Gasteiger partial charge in [-0.1, -0.05) is 48.5 Å². The first-order valence-electron chi connectivity index (χ1n) is 9.24. The summed E-state index contributed by atoms with van der Waals surface area (Å²) in [4.78, 5) is 23.5. The molecule has 0 saturated heterocycles. The molecule has 1 amide bonds. The third-order valence-corrected chi connectivity index (χ3v) is 5.86. The molecule has 0 saturated carbocycles. The smallest absolute Gasteiger partial charge is 0.271 e. The number of amides is 1. The molecule has 3 aromatic rings. The number of rotatable bonds is 3. The van der Waals surface area contributed by atoms with Crippen molar-refractivity contribution in [3.05, 3.63) is 99.0 Å². The number of hydrogen-bond acceptors (Lipinski definition) is 3. The van der Waals surface area contributed by atoms with Crippen LogP contribution in [-0.4, -0.2) is 22.6 Å². The number of carbonyl (C=O) groups excluding carboxylic acids is 1. The largest absolute Gasteiger partial charge is 0.350 e. The lowest BCUT2D eigenvalue weighted by molar-refractivity contribution is 0.0936. The van der Waals surface area contributed by atoms with Crippen LogP contribution in [0.25, 0.3) is 0 Å². The van der Waals surface area contributed by atoms with Gasteiger partial charge in [-0.05, 0) is 40.7 Å². The Labute approximate surface area is 156 Å². The molecule has 1 aromatic heterocycles. The second kappa shape index (κ2) is 6.20. The lowest BCUT2D eigenvalue weighted by atomic mass is 9.59. The maximum absolute atomic E-state index is 12.4. The van der Waals surface area contributed by atoms with Gasteiger partial charge in [-0.15, -0.1) is 0 Å². The van der Waals surface area contributed by atoms with Crippen molar-refractivity contribution in [2.75, 3.05) is 6.54 Å². The van der Waals surface area contributed by atoms with Crippen LogP contribution in [0.15, 0.2) is 65.5 Å². The normalized spacial score (nSPS) is 22.0. The average molecular weight is 357 g/mol. The van der Waals surface area contributed by atoms with Gasteiger partial charge in [0.2, 0.25) is 0 Å². The first-order chi connectivity index (χ1) is 13.2. The zero-order valence-electron chi connectivity index (χ0n) is 14.7. The SMILES string of the molecule is O=C(NCC1CC2c3ccccc3C1c1ccccc12)c1ccc(=O)[nH]n1. The summed E-state index contributed by atoms with van der Waals surface area (Å²) in [5, 5.41) is 9.13. The van der Waals surface area contributed by atoms with Gasteiger partial charge in [0.15, 0.2) is 0 Å². The highest BCUT2D eigenvalue weighted by atomic mass is 16.2. The van der Waals surface area contributed by atoms with Gasteiger partial charge < -0.3 is 5.32 Å². The maximum Gasteiger partial charge on any atom is 0.271 e. The lowest BCUT2D eigenvalue weighted by Crippen LogP contribution is -2.39. The fourth-order valence-electron chi connectivity index (χ4n) is 4.75. The number of benzene rings is 2. The fourth-order valence-corrected chi connectivity index (χ4v) is 4.75. The van der Waals surface area contributed by atoms with Crippen LogP contribution in [0.4, 0.5) is 0 Å². The zero-order valence-corrected chi connectivity index (χ0v) is 14.7. The van der Waals surface area contributed by atoms with E-state index >= 15 is 0 Å². The van der Waals surface area contributed by atoms with E-state index in [1.54, 1.807) is 0 Å². The number of nitrogens with zero attached hydrogens (tertiary/aromatic N) is 1. The Kier molecular flexibility index (Phi) is 3.67. The van der Waals surface area contributed by atoms with E-state index in [4.69, 9.17) is 0 Å². The minimum atomic E-state index is -0.315. The third kappa shape index (κ3) is 2.58. The molecule has 1 heterocycles. The van der Waals surface area contributed by atoms with Crippen LogP contribution >= 0.6 is 0 Å². The Morgan fingerprint density at radius 3 is 2.19 bits per heavy atom. The second-order valence-corrected chi connectivity index (χ2v) is 7.30. The number of fused-ring (bicyclic) bond motifs is 1. The highest BCUT2D eigenvalue weighted by Crippen LogP contribution is 2.55. The van der Waals surface area contributed by atoms with Crippen LogP contribution in [0.2, 0.25) is 0 Å².